The van der Waals surface area contributed by atoms with Gasteiger partial charge in [-0.2, -0.15) is 0 Å². The highest BCUT2D eigenvalue weighted by molar-refractivity contribution is 6.25. The van der Waals surface area contributed by atoms with Crippen LogP contribution < -0.4 is 5.32 Å². The zero-order chi connectivity index (χ0) is 39.3. The van der Waals surface area contributed by atoms with E-state index in [-0.39, 0.29) is 0 Å². The number of hydrogen-bond acceptors (Lipinski definition) is 4. The highest BCUT2D eigenvalue weighted by atomic mass is 16.3. The first-order valence-corrected chi connectivity index (χ1v) is 20.4. The third-order valence-electron chi connectivity index (χ3n) is 12.4. The van der Waals surface area contributed by atoms with E-state index < -0.39 is 6.17 Å². The van der Waals surface area contributed by atoms with Crippen LogP contribution in [0.15, 0.2) is 209 Å². The van der Waals surface area contributed by atoms with Crippen LogP contribution in [0.5, 0.6) is 0 Å². The molecule has 10 aromatic carbocycles. The van der Waals surface area contributed by atoms with Gasteiger partial charge in [-0.1, -0.05) is 146 Å². The maximum absolute atomic E-state index is 6.63. The second kappa shape index (κ2) is 12.7. The Morgan fingerprint density at radius 2 is 1.05 bits per heavy atom. The average Bonchev–Trinajstić information content (AvgIpc) is 3.84. The molecule has 3 heterocycles. The molecular formula is C55H34N4O. The van der Waals surface area contributed by atoms with Crippen LogP contribution in [0.25, 0.3) is 92.5 Å². The van der Waals surface area contributed by atoms with Crippen molar-refractivity contribution in [3.63, 3.8) is 0 Å². The van der Waals surface area contributed by atoms with Crippen molar-refractivity contribution in [2.24, 2.45) is 9.98 Å². The largest absolute Gasteiger partial charge is 0.456 e. The van der Waals surface area contributed by atoms with Crippen LogP contribution in [0.4, 0.5) is 0 Å². The zero-order valence-corrected chi connectivity index (χ0v) is 32.3. The lowest BCUT2D eigenvalue weighted by Gasteiger charge is -2.26. The van der Waals surface area contributed by atoms with E-state index in [2.05, 4.69) is 174 Å². The van der Waals surface area contributed by atoms with Gasteiger partial charge >= 0.3 is 0 Å². The summed E-state index contributed by atoms with van der Waals surface area (Å²) in [5.41, 5.74) is 7.85. The normalized spacial score (nSPS) is 14.5. The lowest BCUT2D eigenvalue weighted by atomic mass is 9.98. The monoisotopic (exact) mass is 766 g/mol. The van der Waals surface area contributed by atoms with Crippen molar-refractivity contribution in [2.45, 2.75) is 6.17 Å². The van der Waals surface area contributed by atoms with Crippen molar-refractivity contribution in [2.75, 3.05) is 0 Å². The molecule has 5 nitrogen and oxygen atoms in total. The average molecular weight is 767 g/mol. The minimum atomic E-state index is -0.420. The molecule has 5 heteroatoms. The Bertz CT molecular complexity index is 3720. The first-order valence-electron chi connectivity index (χ1n) is 20.4. The summed E-state index contributed by atoms with van der Waals surface area (Å²) in [6.45, 7) is 0. The second-order valence-electron chi connectivity index (χ2n) is 15.8. The highest BCUT2D eigenvalue weighted by Crippen LogP contribution is 2.42. The number of benzene rings is 10. The third kappa shape index (κ3) is 4.99. The van der Waals surface area contributed by atoms with Crippen LogP contribution in [-0.2, 0) is 0 Å². The molecular weight excluding hydrogens is 733 g/mol. The Morgan fingerprint density at radius 3 is 1.78 bits per heavy atom. The van der Waals surface area contributed by atoms with E-state index in [4.69, 9.17) is 14.4 Å². The molecule has 0 radical (unpaired) electrons. The van der Waals surface area contributed by atoms with Crippen LogP contribution in [0.3, 0.4) is 0 Å². The van der Waals surface area contributed by atoms with Gasteiger partial charge in [-0.25, -0.2) is 9.98 Å². The number of nitrogens with zero attached hydrogens (tertiary/aromatic N) is 3. The minimum Gasteiger partial charge on any atom is -0.456 e. The fourth-order valence-corrected chi connectivity index (χ4v) is 9.54. The molecule has 1 aliphatic rings. The Hall–Kier alpha value is -8.02. The molecule has 0 amide bonds. The fraction of sp³-hybridized carbons (Fsp3) is 0.0182. The SMILES string of the molecule is c1ccc(C2=NC(c3ccc4c(ccc5ccccc54)c3)NC(c3c(-n4c5cc6ccccc6cc5c5cc6ccccc6cc54)ccc4oc5ccccc5c34)=N2)cc1. The molecule has 0 aliphatic carbocycles. The van der Waals surface area contributed by atoms with E-state index in [1.807, 2.05) is 30.3 Å². The molecule has 280 valence electrons. The topological polar surface area (TPSA) is 54.8 Å². The van der Waals surface area contributed by atoms with Crippen molar-refractivity contribution in [3.8, 4) is 5.69 Å². The first-order chi connectivity index (χ1) is 29.7. The van der Waals surface area contributed by atoms with Gasteiger partial charge in [0.15, 0.2) is 5.84 Å². The zero-order valence-electron chi connectivity index (χ0n) is 32.3. The van der Waals surface area contributed by atoms with Crippen LogP contribution in [0, 0.1) is 0 Å². The summed E-state index contributed by atoms with van der Waals surface area (Å²) in [6, 6.07) is 69.3. The molecule has 0 bridgehead atoms. The molecule has 2 aromatic heterocycles. The standard InChI is InChI=1S/C55H34N4O/c1-2-13-34(14-3-1)53-56-54(40-24-25-42-39(28-40)23-22-33-12-8-9-19-41(33)42)58-55(57-53)52-46(26-27-50-51(52)43-20-10-11-21-49(43)60-50)59-47-31-37-17-6-4-15-35(37)29-44(47)45-30-36-16-5-7-18-38(36)32-48(45)59/h1-32,54H,(H,56,57,58). The predicted molar refractivity (Wildman–Crippen MR) is 250 cm³/mol. The van der Waals surface area contributed by atoms with E-state index in [1.165, 1.54) is 53.9 Å². The number of amidine groups is 2. The fourth-order valence-electron chi connectivity index (χ4n) is 9.54. The Labute approximate surface area is 344 Å². The first kappa shape index (κ1) is 33.0. The molecule has 0 saturated heterocycles. The van der Waals surface area contributed by atoms with E-state index in [1.54, 1.807) is 0 Å². The number of aliphatic imine (C=N–C) groups is 2. The molecule has 60 heavy (non-hydrogen) atoms. The van der Waals surface area contributed by atoms with E-state index in [9.17, 15) is 0 Å². The molecule has 1 N–H and O–H groups in total. The number of aromatic nitrogens is 1. The van der Waals surface area contributed by atoms with Gasteiger partial charge in [0.25, 0.3) is 0 Å². The van der Waals surface area contributed by atoms with E-state index in [0.29, 0.717) is 5.84 Å². The van der Waals surface area contributed by atoms with Gasteiger partial charge in [0.1, 0.15) is 23.2 Å². The minimum absolute atomic E-state index is 0.420. The van der Waals surface area contributed by atoms with Crippen LogP contribution >= 0.6 is 0 Å². The van der Waals surface area contributed by atoms with Crippen molar-refractivity contribution < 1.29 is 4.42 Å². The van der Waals surface area contributed by atoms with Gasteiger partial charge in [-0.05, 0) is 97.2 Å². The van der Waals surface area contributed by atoms with Gasteiger partial charge < -0.3 is 14.3 Å². The van der Waals surface area contributed by atoms with Gasteiger partial charge in [-0.15, -0.1) is 0 Å². The van der Waals surface area contributed by atoms with Gasteiger partial charge in [-0.3, -0.25) is 0 Å². The summed E-state index contributed by atoms with van der Waals surface area (Å²) in [5, 5.41) is 18.0. The molecule has 1 atom stereocenters. The van der Waals surface area contributed by atoms with Crippen molar-refractivity contribution in [1.29, 1.82) is 0 Å². The third-order valence-corrected chi connectivity index (χ3v) is 12.4. The predicted octanol–water partition coefficient (Wildman–Crippen LogP) is 13.8. The second-order valence-corrected chi connectivity index (χ2v) is 15.8. The quantitative estimate of drug-likeness (QED) is 0.181. The number of hydrogen-bond donors (Lipinski definition) is 1. The maximum Gasteiger partial charge on any atom is 0.159 e. The van der Waals surface area contributed by atoms with E-state index in [0.717, 1.165) is 61.2 Å². The van der Waals surface area contributed by atoms with Crippen molar-refractivity contribution >= 4 is 98.5 Å². The summed E-state index contributed by atoms with van der Waals surface area (Å²) in [7, 11) is 0. The van der Waals surface area contributed by atoms with Crippen molar-refractivity contribution in [1.82, 2.24) is 9.88 Å². The molecule has 0 spiro atoms. The van der Waals surface area contributed by atoms with E-state index >= 15 is 0 Å². The molecule has 1 aliphatic heterocycles. The van der Waals surface area contributed by atoms with Gasteiger partial charge in [0.05, 0.1) is 22.3 Å². The smallest absolute Gasteiger partial charge is 0.159 e. The molecule has 0 saturated carbocycles. The summed E-state index contributed by atoms with van der Waals surface area (Å²) in [5.74, 6) is 1.40. The number of furan rings is 1. The number of nitrogens with one attached hydrogen (secondary N) is 1. The number of fused-ring (bicyclic) bond motifs is 11. The van der Waals surface area contributed by atoms with Crippen LogP contribution in [0.2, 0.25) is 0 Å². The lowest BCUT2D eigenvalue weighted by molar-refractivity contribution is 0.667. The summed E-state index contributed by atoms with van der Waals surface area (Å²) >= 11 is 0. The van der Waals surface area contributed by atoms with Crippen LogP contribution in [0.1, 0.15) is 22.9 Å². The number of para-hydroxylation sites is 1. The van der Waals surface area contributed by atoms with Crippen molar-refractivity contribution in [3.05, 3.63) is 211 Å². The lowest BCUT2D eigenvalue weighted by Crippen LogP contribution is -2.34. The summed E-state index contributed by atoms with van der Waals surface area (Å²) < 4.78 is 9.07. The summed E-state index contributed by atoms with van der Waals surface area (Å²) in [6.07, 6.45) is -0.420. The molecule has 0 fully saturated rings. The summed E-state index contributed by atoms with van der Waals surface area (Å²) in [4.78, 5) is 10.8. The Morgan fingerprint density at radius 1 is 0.450 bits per heavy atom. The van der Waals surface area contributed by atoms with Gasteiger partial charge in [0.2, 0.25) is 0 Å². The van der Waals surface area contributed by atoms with Crippen LogP contribution in [-0.4, -0.2) is 16.2 Å². The number of rotatable bonds is 4. The Balaban J connectivity index is 1.11. The Kier molecular flexibility index (Phi) is 7.01. The van der Waals surface area contributed by atoms with Gasteiger partial charge in [0, 0.05) is 27.1 Å². The molecule has 12 aromatic rings. The molecule has 1 unspecified atom stereocenters. The molecule has 13 rings (SSSR count). The maximum atomic E-state index is 6.63. The highest BCUT2D eigenvalue weighted by Gasteiger charge is 2.28.